The third-order valence-corrected chi connectivity index (χ3v) is 2.30. The molecular weight excluding hydrogens is 200 g/mol. The molecule has 2 aromatic rings. The van der Waals surface area contributed by atoms with Crippen molar-refractivity contribution >= 4 is 28.8 Å². The van der Waals surface area contributed by atoms with Crippen molar-refractivity contribution in [1.82, 2.24) is 0 Å². The zero-order valence-corrected chi connectivity index (χ0v) is 7.99. The molecule has 0 amide bonds. The molecule has 2 aromatic carbocycles. The minimum atomic E-state index is 0.383. The quantitative estimate of drug-likeness (QED) is 0.706. The van der Waals surface area contributed by atoms with E-state index >= 15 is 0 Å². The lowest BCUT2D eigenvalue weighted by Gasteiger charge is -2.05. The molecule has 70 valence electrons. The first-order valence-electron chi connectivity index (χ1n) is 4.10. The van der Waals surface area contributed by atoms with Crippen molar-refractivity contribution in [3.63, 3.8) is 0 Å². The second kappa shape index (κ2) is 3.68. The van der Waals surface area contributed by atoms with E-state index in [9.17, 15) is 4.79 Å². The van der Waals surface area contributed by atoms with Crippen molar-refractivity contribution in [2.75, 3.05) is 0 Å². The number of hydrogen-bond acceptors (Lipinski definition) is 2. The van der Waals surface area contributed by atoms with Gasteiger partial charge in [0.05, 0.1) is 5.02 Å². The summed E-state index contributed by atoms with van der Waals surface area (Å²) in [6, 6.07) is 11.2. The third kappa shape index (κ3) is 1.44. The fourth-order valence-electron chi connectivity index (χ4n) is 1.38. The highest BCUT2D eigenvalue weighted by molar-refractivity contribution is 6.33. The molecule has 0 fully saturated rings. The minimum absolute atomic E-state index is 0.383. The molecule has 0 unspecified atom stereocenters. The molecule has 0 N–H and O–H groups in total. The van der Waals surface area contributed by atoms with E-state index in [4.69, 9.17) is 16.3 Å². The van der Waals surface area contributed by atoms with Crippen LogP contribution in [0.1, 0.15) is 0 Å². The van der Waals surface area contributed by atoms with E-state index < -0.39 is 0 Å². The maximum atomic E-state index is 10.3. The zero-order valence-electron chi connectivity index (χ0n) is 7.24. The second-order valence-electron chi connectivity index (χ2n) is 2.81. The molecule has 0 aliphatic rings. The lowest BCUT2D eigenvalue weighted by molar-refractivity contribution is -0.120. The van der Waals surface area contributed by atoms with Gasteiger partial charge in [0.25, 0.3) is 6.47 Å². The summed E-state index contributed by atoms with van der Waals surface area (Å²) < 4.78 is 4.84. The first-order chi connectivity index (χ1) is 6.83. The van der Waals surface area contributed by atoms with Gasteiger partial charge in [-0.25, -0.2) is 0 Å². The lowest BCUT2D eigenvalue weighted by atomic mass is 10.1. The maximum absolute atomic E-state index is 10.3. The number of carbonyl (C=O) groups excluding carboxylic acids is 1. The Hall–Kier alpha value is -1.54. The Morgan fingerprint density at radius 2 is 1.93 bits per heavy atom. The van der Waals surface area contributed by atoms with Crippen LogP contribution in [0.25, 0.3) is 10.8 Å². The molecular formula is C11H7ClO2. The Morgan fingerprint density at radius 1 is 1.14 bits per heavy atom. The van der Waals surface area contributed by atoms with Gasteiger partial charge in [-0.15, -0.1) is 0 Å². The molecule has 0 bridgehead atoms. The smallest absolute Gasteiger partial charge is 0.298 e. The predicted molar refractivity (Wildman–Crippen MR) is 55.7 cm³/mol. The topological polar surface area (TPSA) is 26.3 Å². The van der Waals surface area contributed by atoms with Crippen molar-refractivity contribution in [3.8, 4) is 5.75 Å². The van der Waals surface area contributed by atoms with Crippen molar-refractivity contribution in [3.05, 3.63) is 41.4 Å². The summed E-state index contributed by atoms with van der Waals surface area (Å²) in [6.07, 6.45) is 0. The highest BCUT2D eigenvalue weighted by Gasteiger charge is 2.06. The molecule has 14 heavy (non-hydrogen) atoms. The van der Waals surface area contributed by atoms with Gasteiger partial charge in [-0.2, -0.15) is 0 Å². The van der Waals surface area contributed by atoms with Gasteiger partial charge >= 0.3 is 0 Å². The first-order valence-corrected chi connectivity index (χ1v) is 4.48. The summed E-state index contributed by atoms with van der Waals surface area (Å²) in [7, 11) is 0. The van der Waals surface area contributed by atoms with Crippen LogP contribution in [0.5, 0.6) is 5.75 Å². The Balaban J connectivity index is 2.75. The van der Waals surface area contributed by atoms with Crippen molar-refractivity contribution < 1.29 is 9.53 Å². The molecule has 0 spiro atoms. The van der Waals surface area contributed by atoms with Gasteiger partial charge in [0.1, 0.15) is 0 Å². The van der Waals surface area contributed by atoms with Gasteiger partial charge in [-0.05, 0) is 11.5 Å². The third-order valence-electron chi connectivity index (χ3n) is 2.00. The number of fused-ring (bicyclic) bond motifs is 1. The van der Waals surface area contributed by atoms with Crippen LogP contribution in [0.2, 0.25) is 5.02 Å². The molecule has 0 aliphatic carbocycles. The highest BCUT2D eigenvalue weighted by Crippen LogP contribution is 2.32. The summed E-state index contributed by atoms with van der Waals surface area (Å²) in [6.45, 7) is 0.383. The fourth-order valence-corrected chi connectivity index (χ4v) is 1.59. The average molecular weight is 207 g/mol. The summed E-state index contributed by atoms with van der Waals surface area (Å²) in [5, 5.41) is 2.27. The standard InChI is InChI=1S/C11H7ClO2/c12-10-6-5-8-3-1-2-4-9(8)11(10)14-7-13/h1-7H. The van der Waals surface area contributed by atoms with Crippen LogP contribution < -0.4 is 4.74 Å². The highest BCUT2D eigenvalue weighted by atomic mass is 35.5. The Morgan fingerprint density at radius 3 is 2.71 bits per heavy atom. The molecule has 0 radical (unpaired) electrons. The molecule has 0 saturated carbocycles. The van der Waals surface area contributed by atoms with Gasteiger partial charge < -0.3 is 4.74 Å². The average Bonchev–Trinajstić information content (AvgIpc) is 2.23. The Bertz CT molecular complexity index is 480. The number of ether oxygens (including phenoxy) is 1. The Kier molecular flexibility index (Phi) is 2.37. The van der Waals surface area contributed by atoms with Crippen LogP contribution in [0.4, 0.5) is 0 Å². The molecule has 0 aliphatic heterocycles. The Labute approximate surface area is 86.1 Å². The van der Waals surface area contributed by atoms with Crippen molar-refractivity contribution in [2.24, 2.45) is 0 Å². The van der Waals surface area contributed by atoms with E-state index in [1.54, 1.807) is 6.07 Å². The van der Waals surface area contributed by atoms with Crippen LogP contribution in [-0.4, -0.2) is 6.47 Å². The lowest BCUT2D eigenvalue weighted by Crippen LogP contribution is -1.90. The second-order valence-corrected chi connectivity index (χ2v) is 3.22. The van der Waals surface area contributed by atoms with Gasteiger partial charge in [-0.3, -0.25) is 4.79 Å². The normalized spacial score (nSPS) is 10.1. The monoisotopic (exact) mass is 206 g/mol. The number of carbonyl (C=O) groups is 1. The fraction of sp³-hybridized carbons (Fsp3) is 0. The van der Waals surface area contributed by atoms with E-state index in [2.05, 4.69) is 0 Å². The van der Waals surface area contributed by atoms with Crippen LogP contribution in [-0.2, 0) is 4.79 Å². The van der Waals surface area contributed by atoms with Crippen LogP contribution in [0.3, 0.4) is 0 Å². The SMILES string of the molecule is O=COc1c(Cl)ccc2ccccc12. The van der Waals surface area contributed by atoms with E-state index in [0.29, 0.717) is 17.2 Å². The van der Waals surface area contributed by atoms with Gasteiger partial charge in [0.15, 0.2) is 5.75 Å². The number of benzene rings is 2. The maximum Gasteiger partial charge on any atom is 0.298 e. The number of rotatable bonds is 2. The van der Waals surface area contributed by atoms with Gasteiger partial charge in [0, 0.05) is 5.39 Å². The molecule has 0 atom stereocenters. The predicted octanol–water partition coefficient (Wildman–Crippen LogP) is 3.03. The molecule has 0 aromatic heterocycles. The number of hydrogen-bond donors (Lipinski definition) is 0. The largest absolute Gasteiger partial charge is 0.426 e. The van der Waals surface area contributed by atoms with Gasteiger partial charge in [0.2, 0.25) is 0 Å². The van der Waals surface area contributed by atoms with Crippen molar-refractivity contribution in [1.29, 1.82) is 0 Å². The summed E-state index contributed by atoms with van der Waals surface area (Å²) in [5.41, 5.74) is 0. The van der Waals surface area contributed by atoms with Crippen LogP contribution >= 0.6 is 11.6 Å². The van der Waals surface area contributed by atoms with Crippen molar-refractivity contribution in [2.45, 2.75) is 0 Å². The minimum Gasteiger partial charge on any atom is -0.426 e. The first kappa shape index (κ1) is 9.03. The van der Waals surface area contributed by atoms with E-state index in [-0.39, 0.29) is 0 Å². The van der Waals surface area contributed by atoms with E-state index in [1.807, 2.05) is 30.3 Å². The summed E-state index contributed by atoms with van der Waals surface area (Å²) >= 11 is 5.90. The summed E-state index contributed by atoms with van der Waals surface area (Å²) in [5.74, 6) is 0.416. The van der Waals surface area contributed by atoms with Gasteiger partial charge in [-0.1, -0.05) is 41.9 Å². The molecule has 0 heterocycles. The zero-order chi connectivity index (χ0) is 9.97. The van der Waals surface area contributed by atoms with E-state index in [0.717, 1.165) is 10.8 Å². The molecule has 0 saturated heterocycles. The van der Waals surface area contributed by atoms with Crippen LogP contribution in [0, 0.1) is 0 Å². The number of halogens is 1. The van der Waals surface area contributed by atoms with E-state index in [1.165, 1.54) is 0 Å². The molecule has 2 nitrogen and oxygen atoms in total. The van der Waals surface area contributed by atoms with Crippen LogP contribution in [0.15, 0.2) is 36.4 Å². The summed E-state index contributed by atoms with van der Waals surface area (Å²) in [4.78, 5) is 10.3. The molecule has 2 rings (SSSR count). The molecule has 3 heteroatoms.